The Kier molecular flexibility index (Phi) is 3.83. The molecule has 0 unspecified atom stereocenters. The summed E-state index contributed by atoms with van der Waals surface area (Å²) in [4.78, 5) is 11.8. The smallest absolute Gasteiger partial charge is 0.416 e. The van der Waals surface area contributed by atoms with Crippen molar-refractivity contribution >= 4 is 11.3 Å². The number of alkyl halides is 3. The molecule has 0 aliphatic heterocycles. The highest BCUT2D eigenvalue weighted by Gasteiger charge is 2.31. The standard InChI is InChI=1S/C18H14F3NO2/c1-11(23)16-10-15(12-3-5-14(24-2)6-4-12)17-9-13(18(19,20)21)7-8-22(16)17/h3-10H,1-2H3. The third-order valence-corrected chi connectivity index (χ3v) is 3.86. The highest BCUT2D eigenvalue weighted by molar-refractivity contribution is 5.98. The number of carbonyl (C=O) groups excluding carboxylic acids is 1. The van der Waals surface area contributed by atoms with E-state index in [2.05, 4.69) is 0 Å². The molecule has 6 heteroatoms. The summed E-state index contributed by atoms with van der Waals surface area (Å²) in [5.74, 6) is 0.426. The fourth-order valence-corrected chi connectivity index (χ4v) is 2.65. The van der Waals surface area contributed by atoms with Crippen LogP contribution in [0.2, 0.25) is 0 Å². The van der Waals surface area contributed by atoms with E-state index in [-0.39, 0.29) is 5.78 Å². The van der Waals surface area contributed by atoms with Crippen molar-refractivity contribution in [2.24, 2.45) is 0 Å². The van der Waals surface area contributed by atoms with Crippen LogP contribution < -0.4 is 4.74 Å². The molecule has 0 saturated heterocycles. The zero-order valence-corrected chi connectivity index (χ0v) is 13.0. The van der Waals surface area contributed by atoms with Gasteiger partial charge in [0.15, 0.2) is 5.78 Å². The molecule has 0 amide bonds. The van der Waals surface area contributed by atoms with Crippen LogP contribution in [0.5, 0.6) is 5.75 Å². The Hall–Kier alpha value is -2.76. The molecule has 3 rings (SSSR count). The number of methoxy groups -OCH3 is 1. The molecule has 24 heavy (non-hydrogen) atoms. The van der Waals surface area contributed by atoms with E-state index in [0.717, 1.165) is 12.1 Å². The van der Waals surface area contributed by atoms with Gasteiger partial charge < -0.3 is 9.14 Å². The van der Waals surface area contributed by atoms with Crippen molar-refractivity contribution in [3.63, 3.8) is 0 Å². The number of halogens is 3. The first-order valence-corrected chi connectivity index (χ1v) is 7.19. The summed E-state index contributed by atoms with van der Waals surface area (Å²) in [5, 5.41) is 0. The minimum atomic E-state index is -4.44. The lowest BCUT2D eigenvalue weighted by molar-refractivity contribution is -0.137. The third kappa shape index (κ3) is 2.75. The van der Waals surface area contributed by atoms with E-state index in [9.17, 15) is 18.0 Å². The molecule has 0 fully saturated rings. The average molecular weight is 333 g/mol. The van der Waals surface area contributed by atoms with Crippen LogP contribution in [0.4, 0.5) is 13.2 Å². The summed E-state index contributed by atoms with van der Waals surface area (Å²) in [6.07, 6.45) is -3.17. The van der Waals surface area contributed by atoms with Crippen molar-refractivity contribution < 1.29 is 22.7 Å². The van der Waals surface area contributed by atoms with Crippen molar-refractivity contribution in [3.8, 4) is 16.9 Å². The monoisotopic (exact) mass is 333 g/mol. The maximum absolute atomic E-state index is 13.0. The molecule has 2 aromatic heterocycles. The van der Waals surface area contributed by atoms with Gasteiger partial charge in [-0.15, -0.1) is 0 Å². The van der Waals surface area contributed by atoms with Crippen molar-refractivity contribution in [2.75, 3.05) is 7.11 Å². The molecule has 0 bridgehead atoms. The molecule has 124 valence electrons. The SMILES string of the molecule is COc1ccc(-c2cc(C(C)=O)n3ccc(C(F)(F)F)cc23)cc1. The van der Waals surface area contributed by atoms with Crippen molar-refractivity contribution in [2.45, 2.75) is 13.1 Å². The number of nitrogens with zero attached hydrogens (tertiary/aromatic N) is 1. The Balaban J connectivity index is 2.26. The fourth-order valence-electron chi connectivity index (χ4n) is 2.65. The first-order chi connectivity index (χ1) is 11.3. The number of benzene rings is 1. The van der Waals surface area contributed by atoms with Gasteiger partial charge in [0.1, 0.15) is 5.75 Å². The number of ketones is 1. The van der Waals surface area contributed by atoms with Crippen LogP contribution in [0, 0.1) is 0 Å². The van der Waals surface area contributed by atoms with Gasteiger partial charge in [-0.1, -0.05) is 12.1 Å². The molecule has 0 aliphatic rings. The maximum atomic E-state index is 13.0. The summed E-state index contributed by atoms with van der Waals surface area (Å²) in [5.41, 5.74) is 1.19. The second kappa shape index (κ2) is 5.70. The van der Waals surface area contributed by atoms with Gasteiger partial charge in [-0.3, -0.25) is 4.79 Å². The molecule has 0 radical (unpaired) electrons. The molecule has 2 heterocycles. The van der Waals surface area contributed by atoms with Gasteiger partial charge in [-0.25, -0.2) is 0 Å². The van der Waals surface area contributed by atoms with Crippen LogP contribution in [0.25, 0.3) is 16.6 Å². The second-order valence-corrected chi connectivity index (χ2v) is 5.40. The fraction of sp³-hybridized carbons (Fsp3) is 0.167. The van der Waals surface area contributed by atoms with Crippen molar-refractivity contribution in [1.29, 1.82) is 0 Å². The normalized spacial score (nSPS) is 11.7. The number of pyridine rings is 1. The Bertz CT molecular complexity index is 908. The number of ether oxygens (including phenoxy) is 1. The molecular formula is C18H14F3NO2. The number of fused-ring (bicyclic) bond motifs is 1. The Morgan fingerprint density at radius 1 is 1.08 bits per heavy atom. The molecule has 1 aromatic carbocycles. The zero-order chi connectivity index (χ0) is 17.5. The van der Waals surface area contributed by atoms with Crippen LogP contribution in [0.3, 0.4) is 0 Å². The number of hydrogen-bond acceptors (Lipinski definition) is 2. The molecular weight excluding hydrogens is 319 g/mol. The van der Waals surface area contributed by atoms with Gasteiger partial charge >= 0.3 is 6.18 Å². The van der Waals surface area contributed by atoms with Crippen LogP contribution in [0.15, 0.2) is 48.7 Å². The lowest BCUT2D eigenvalue weighted by atomic mass is 10.1. The minimum Gasteiger partial charge on any atom is -0.497 e. The molecule has 0 spiro atoms. The highest BCUT2D eigenvalue weighted by atomic mass is 19.4. The molecule has 0 saturated carbocycles. The molecule has 3 aromatic rings. The second-order valence-electron chi connectivity index (χ2n) is 5.40. The minimum absolute atomic E-state index is 0.218. The summed E-state index contributed by atoms with van der Waals surface area (Å²) < 4.78 is 45.6. The van der Waals surface area contributed by atoms with Gasteiger partial charge in [0, 0.05) is 18.7 Å². The van der Waals surface area contributed by atoms with E-state index >= 15 is 0 Å². The van der Waals surface area contributed by atoms with E-state index in [1.165, 1.54) is 24.6 Å². The Labute approximate surface area is 136 Å². The number of carbonyl (C=O) groups is 1. The molecule has 3 nitrogen and oxygen atoms in total. The summed E-state index contributed by atoms with van der Waals surface area (Å²) in [6, 6.07) is 10.6. The van der Waals surface area contributed by atoms with E-state index in [1.54, 1.807) is 30.3 Å². The van der Waals surface area contributed by atoms with Crippen LogP contribution in [-0.2, 0) is 6.18 Å². The van der Waals surface area contributed by atoms with Crippen LogP contribution in [-0.4, -0.2) is 17.3 Å². The van der Waals surface area contributed by atoms with E-state index in [4.69, 9.17) is 4.74 Å². The predicted molar refractivity (Wildman–Crippen MR) is 84.4 cm³/mol. The topological polar surface area (TPSA) is 30.7 Å². The van der Waals surface area contributed by atoms with E-state index < -0.39 is 11.7 Å². The quantitative estimate of drug-likeness (QED) is 0.642. The lowest BCUT2D eigenvalue weighted by Crippen LogP contribution is -2.06. The summed E-state index contributed by atoms with van der Waals surface area (Å²) in [7, 11) is 1.53. The van der Waals surface area contributed by atoms with Crippen LogP contribution in [0.1, 0.15) is 23.0 Å². The average Bonchev–Trinajstić information content (AvgIpc) is 2.93. The molecule has 0 atom stereocenters. The highest BCUT2D eigenvalue weighted by Crippen LogP contribution is 2.35. The number of rotatable bonds is 3. The lowest BCUT2D eigenvalue weighted by Gasteiger charge is -2.09. The number of aromatic nitrogens is 1. The molecule has 0 N–H and O–H groups in total. The van der Waals surface area contributed by atoms with Gasteiger partial charge in [0.25, 0.3) is 0 Å². The van der Waals surface area contributed by atoms with Gasteiger partial charge in [0.2, 0.25) is 0 Å². The summed E-state index contributed by atoms with van der Waals surface area (Å²) >= 11 is 0. The number of hydrogen-bond donors (Lipinski definition) is 0. The number of Topliss-reactive ketones (excluding diaryl/α,β-unsaturated/α-hetero) is 1. The van der Waals surface area contributed by atoms with Gasteiger partial charge in [0.05, 0.1) is 23.9 Å². The van der Waals surface area contributed by atoms with Crippen molar-refractivity contribution in [3.05, 3.63) is 59.9 Å². The van der Waals surface area contributed by atoms with Crippen molar-refractivity contribution in [1.82, 2.24) is 4.40 Å². The summed E-state index contributed by atoms with van der Waals surface area (Å²) in [6.45, 7) is 1.39. The van der Waals surface area contributed by atoms with Gasteiger partial charge in [-0.05, 0) is 35.9 Å². The zero-order valence-electron chi connectivity index (χ0n) is 13.0. The van der Waals surface area contributed by atoms with Crippen LogP contribution >= 0.6 is 0 Å². The predicted octanol–water partition coefficient (Wildman–Crippen LogP) is 4.84. The largest absolute Gasteiger partial charge is 0.497 e. The first-order valence-electron chi connectivity index (χ1n) is 7.19. The van der Waals surface area contributed by atoms with Gasteiger partial charge in [-0.2, -0.15) is 13.2 Å². The van der Waals surface area contributed by atoms with E-state index in [0.29, 0.717) is 28.1 Å². The molecule has 0 aliphatic carbocycles. The first kappa shape index (κ1) is 16.1. The Morgan fingerprint density at radius 2 is 1.75 bits per heavy atom. The Morgan fingerprint density at radius 3 is 2.29 bits per heavy atom. The maximum Gasteiger partial charge on any atom is 0.416 e. The third-order valence-electron chi connectivity index (χ3n) is 3.86. The van der Waals surface area contributed by atoms with E-state index in [1.807, 2.05) is 0 Å².